The second-order valence-electron chi connectivity index (χ2n) is 5.91. The summed E-state index contributed by atoms with van der Waals surface area (Å²) in [5.74, 6) is 0.0217. The van der Waals surface area contributed by atoms with E-state index in [4.69, 9.17) is 9.47 Å². The number of amides is 1. The number of para-hydroxylation sites is 1. The van der Waals surface area contributed by atoms with Crippen molar-refractivity contribution < 1.29 is 19.1 Å². The van der Waals surface area contributed by atoms with E-state index in [2.05, 4.69) is 5.32 Å². The lowest BCUT2D eigenvalue weighted by Gasteiger charge is -2.19. The maximum Gasteiger partial charge on any atom is 0.412 e. The first-order valence-corrected chi connectivity index (χ1v) is 7.21. The van der Waals surface area contributed by atoms with Gasteiger partial charge in [0.1, 0.15) is 11.4 Å². The third kappa shape index (κ3) is 5.47. The topological polar surface area (TPSA) is 64.6 Å². The number of hydrogen-bond donors (Lipinski definition) is 1. The number of carbonyl (C=O) groups is 2. The van der Waals surface area contributed by atoms with Gasteiger partial charge < -0.3 is 9.47 Å². The second-order valence-corrected chi connectivity index (χ2v) is 5.91. The first-order chi connectivity index (χ1) is 10.8. The van der Waals surface area contributed by atoms with Crippen LogP contribution in [0.3, 0.4) is 0 Å². The first-order valence-electron chi connectivity index (χ1n) is 7.21. The highest BCUT2D eigenvalue weighted by Gasteiger charge is 2.16. The number of rotatable bonds is 3. The second kappa shape index (κ2) is 6.96. The predicted octanol–water partition coefficient (Wildman–Crippen LogP) is 4.25. The van der Waals surface area contributed by atoms with Gasteiger partial charge in [-0.2, -0.15) is 0 Å². The molecule has 1 amide bonds. The van der Waals surface area contributed by atoms with Gasteiger partial charge >= 0.3 is 12.1 Å². The largest absolute Gasteiger partial charge is 0.444 e. The number of ether oxygens (including phenoxy) is 2. The number of carbonyl (C=O) groups excluding carboxylic acids is 2. The molecule has 5 heteroatoms. The van der Waals surface area contributed by atoms with Gasteiger partial charge in [0.15, 0.2) is 0 Å². The van der Waals surface area contributed by atoms with Crippen LogP contribution in [0.5, 0.6) is 5.75 Å². The Morgan fingerprint density at radius 3 is 2.09 bits per heavy atom. The van der Waals surface area contributed by atoms with Gasteiger partial charge in [0.05, 0.1) is 5.56 Å². The van der Waals surface area contributed by atoms with E-state index in [-0.39, 0.29) is 0 Å². The number of esters is 1. The molecule has 0 aliphatic carbocycles. The maximum absolute atomic E-state index is 12.0. The molecule has 0 spiro atoms. The van der Waals surface area contributed by atoms with Crippen molar-refractivity contribution in [3.63, 3.8) is 0 Å². The number of anilines is 1. The van der Waals surface area contributed by atoms with Crippen molar-refractivity contribution in [1.82, 2.24) is 0 Å². The molecule has 0 unspecified atom stereocenters. The van der Waals surface area contributed by atoms with Gasteiger partial charge in [0.2, 0.25) is 0 Å². The molecule has 1 N–H and O–H groups in total. The van der Waals surface area contributed by atoms with E-state index in [0.717, 1.165) is 0 Å². The Hall–Kier alpha value is -2.82. The molecule has 0 fully saturated rings. The molecular formula is C18H19NO4. The molecule has 0 atom stereocenters. The van der Waals surface area contributed by atoms with Crippen molar-refractivity contribution in [3.8, 4) is 5.75 Å². The Labute approximate surface area is 135 Å². The summed E-state index contributed by atoms with van der Waals surface area (Å²) < 4.78 is 10.4. The predicted molar refractivity (Wildman–Crippen MR) is 87.7 cm³/mol. The Morgan fingerprint density at radius 1 is 0.913 bits per heavy atom. The summed E-state index contributed by atoms with van der Waals surface area (Å²) in [5.41, 5.74) is 0.364. The molecule has 0 aromatic heterocycles. The fourth-order valence-corrected chi connectivity index (χ4v) is 1.77. The van der Waals surface area contributed by atoms with Crippen molar-refractivity contribution in [1.29, 1.82) is 0 Å². The average Bonchev–Trinajstić information content (AvgIpc) is 2.47. The highest BCUT2D eigenvalue weighted by Crippen LogP contribution is 2.15. The number of benzene rings is 2. The van der Waals surface area contributed by atoms with Crippen LogP contribution in [0.2, 0.25) is 0 Å². The zero-order chi connectivity index (χ0) is 16.9. The normalized spacial score (nSPS) is 10.7. The van der Waals surface area contributed by atoms with E-state index in [0.29, 0.717) is 17.0 Å². The monoisotopic (exact) mass is 313 g/mol. The van der Waals surface area contributed by atoms with Gasteiger partial charge in [-0.3, -0.25) is 5.32 Å². The van der Waals surface area contributed by atoms with E-state index in [9.17, 15) is 9.59 Å². The quantitative estimate of drug-likeness (QED) is 0.679. The zero-order valence-electron chi connectivity index (χ0n) is 13.3. The molecule has 0 saturated heterocycles. The van der Waals surface area contributed by atoms with Gasteiger partial charge in [0.25, 0.3) is 0 Å². The van der Waals surface area contributed by atoms with Crippen molar-refractivity contribution in [2.75, 3.05) is 5.32 Å². The van der Waals surface area contributed by atoms with E-state index >= 15 is 0 Å². The zero-order valence-corrected chi connectivity index (χ0v) is 13.3. The molecule has 2 rings (SSSR count). The minimum atomic E-state index is -0.566. The molecule has 0 saturated carbocycles. The van der Waals surface area contributed by atoms with Crippen LogP contribution in [0.25, 0.3) is 0 Å². The van der Waals surface area contributed by atoms with Crippen LogP contribution in [-0.2, 0) is 4.74 Å². The molecule has 0 aliphatic rings. The number of nitrogens with one attached hydrogen (secondary N) is 1. The van der Waals surface area contributed by atoms with Gasteiger partial charge in [-0.05, 0) is 57.2 Å². The molecule has 0 heterocycles. The fraction of sp³-hybridized carbons (Fsp3) is 0.222. The minimum Gasteiger partial charge on any atom is -0.444 e. The summed E-state index contributed by atoms with van der Waals surface area (Å²) in [6.45, 7) is 5.36. The van der Waals surface area contributed by atoms with E-state index in [1.54, 1.807) is 69.3 Å². The van der Waals surface area contributed by atoms with Crippen LogP contribution >= 0.6 is 0 Å². The Bertz CT molecular complexity index is 672. The van der Waals surface area contributed by atoms with E-state index < -0.39 is 17.7 Å². The van der Waals surface area contributed by atoms with Crippen molar-refractivity contribution in [2.45, 2.75) is 26.4 Å². The molecule has 23 heavy (non-hydrogen) atoms. The molecule has 0 aliphatic heterocycles. The van der Waals surface area contributed by atoms with Crippen LogP contribution in [0.4, 0.5) is 10.5 Å². The lowest BCUT2D eigenvalue weighted by Crippen LogP contribution is -2.27. The van der Waals surface area contributed by atoms with Crippen LogP contribution in [0, 0.1) is 0 Å². The Kier molecular flexibility index (Phi) is 5.01. The van der Waals surface area contributed by atoms with E-state index in [1.807, 2.05) is 6.07 Å². The lowest BCUT2D eigenvalue weighted by atomic mass is 10.2. The smallest absolute Gasteiger partial charge is 0.412 e. The molecule has 2 aromatic rings. The summed E-state index contributed by atoms with van der Waals surface area (Å²) in [6.07, 6.45) is -0.544. The van der Waals surface area contributed by atoms with Crippen LogP contribution in [0.15, 0.2) is 54.6 Å². The third-order valence-electron chi connectivity index (χ3n) is 2.72. The summed E-state index contributed by atoms with van der Waals surface area (Å²) in [6, 6.07) is 15.2. The third-order valence-corrected chi connectivity index (χ3v) is 2.72. The number of hydrogen-bond acceptors (Lipinski definition) is 4. The standard InChI is InChI=1S/C18H19NO4/c1-18(2,3)23-17(21)19-14-11-9-13(10-12-14)16(20)22-15-7-5-4-6-8-15/h4-12H,1-3H3,(H,19,21). The molecule has 5 nitrogen and oxygen atoms in total. The fourth-order valence-electron chi connectivity index (χ4n) is 1.77. The summed E-state index contributed by atoms with van der Waals surface area (Å²) in [7, 11) is 0. The first kappa shape index (κ1) is 16.5. The Balaban J connectivity index is 1.96. The average molecular weight is 313 g/mol. The van der Waals surface area contributed by atoms with Crippen LogP contribution in [-0.4, -0.2) is 17.7 Å². The van der Waals surface area contributed by atoms with Crippen molar-refractivity contribution in [3.05, 3.63) is 60.2 Å². The highest BCUT2D eigenvalue weighted by molar-refractivity contribution is 5.92. The van der Waals surface area contributed by atoms with Crippen LogP contribution in [0.1, 0.15) is 31.1 Å². The van der Waals surface area contributed by atoms with Gasteiger partial charge in [-0.15, -0.1) is 0 Å². The molecule has 2 aromatic carbocycles. The van der Waals surface area contributed by atoms with E-state index in [1.165, 1.54) is 0 Å². The summed E-state index contributed by atoms with van der Waals surface area (Å²) >= 11 is 0. The molecule has 120 valence electrons. The van der Waals surface area contributed by atoms with Gasteiger partial charge in [-0.25, -0.2) is 9.59 Å². The van der Waals surface area contributed by atoms with Gasteiger partial charge in [-0.1, -0.05) is 18.2 Å². The minimum absolute atomic E-state index is 0.392. The summed E-state index contributed by atoms with van der Waals surface area (Å²) in [4.78, 5) is 23.7. The Morgan fingerprint density at radius 2 is 1.52 bits per heavy atom. The lowest BCUT2D eigenvalue weighted by molar-refractivity contribution is 0.0635. The molecular weight excluding hydrogens is 294 g/mol. The highest BCUT2D eigenvalue weighted by atomic mass is 16.6. The van der Waals surface area contributed by atoms with Gasteiger partial charge in [0, 0.05) is 5.69 Å². The molecule has 0 radical (unpaired) electrons. The van der Waals surface area contributed by atoms with Crippen LogP contribution < -0.4 is 10.1 Å². The van der Waals surface area contributed by atoms with Crippen molar-refractivity contribution >= 4 is 17.7 Å². The maximum atomic E-state index is 12.0. The van der Waals surface area contributed by atoms with Crippen molar-refractivity contribution in [2.24, 2.45) is 0 Å². The molecule has 0 bridgehead atoms. The summed E-state index contributed by atoms with van der Waals surface area (Å²) in [5, 5.41) is 2.60. The SMILES string of the molecule is CC(C)(C)OC(=O)Nc1ccc(C(=O)Oc2ccccc2)cc1.